The van der Waals surface area contributed by atoms with Crippen LogP contribution in [0.25, 0.3) is 0 Å². The van der Waals surface area contributed by atoms with Gasteiger partial charge in [0.15, 0.2) is 28.7 Å². The van der Waals surface area contributed by atoms with Gasteiger partial charge in [0.2, 0.25) is 5.91 Å². The first-order valence-corrected chi connectivity index (χ1v) is 10.7. The van der Waals surface area contributed by atoms with Crippen LogP contribution in [0.1, 0.15) is 25.8 Å². The van der Waals surface area contributed by atoms with Crippen LogP contribution in [-0.2, 0) is 11.3 Å². The molecule has 2 aromatic heterocycles. The minimum absolute atomic E-state index is 0.0786. The number of nitrogens with zero attached hydrogens (tertiary/aromatic N) is 4. The second-order valence-corrected chi connectivity index (χ2v) is 7.98. The second kappa shape index (κ2) is 9.98. The predicted octanol–water partition coefficient (Wildman–Crippen LogP) is 4.60. The van der Waals surface area contributed by atoms with Crippen LogP contribution in [0.3, 0.4) is 0 Å². The highest BCUT2D eigenvalue weighted by atomic mass is 79.9. The predicted molar refractivity (Wildman–Crippen MR) is 112 cm³/mol. The van der Waals surface area contributed by atoms with Gasteiger partial charge in [0, 0.05) is 23.3 Å². The quantitative estimate of drug-likeness (QED) is 0.457. The van der Waals surface area contributed by atoms with Gasteiger partial charge in [0.25, 0.3) is 0 Å². The van der Waals surface area contributed by atoms with Crippen LogP contribution in [0.15, 0.2) is 46.2 Å². The van der Waals surface area contributed by atoms with Gasteiger partial charge in [0.05, 0.1) is 5.75 Å². The highest BCUT2D eigenvalue weighted by Gasteiger charge is 2.20. The number of thioether (sulfide) groups is 1. The van der Waals surface area contributed by atoms with Crippen LogP contribution >= 0.6 is 27.7 Å². The Bertz CT molecular complexity index is 1030. The molecule has 30 heavy (non-hydrogen) atoms. The molecule has 3 rings (SSSR count). The summed E-state index contributed by atoms with van der Waals surface area (Å²) in [4.78, 5) is 16.3. The molecule has 0 radical (unpaired) electrons. The van der Waals surface area contributed by atoms with E-state index in [1.54, 1.807) is 29.8 Å². The highest BCUT2D eigenvalue weighted by Crippen LogP contribution is 2.26. The van der Waals surface area contributed by atoms with Crippen molar-refractivity contribution >= 4 is 39.4 Å². The summed E-state index contributed by atoms with van der Waals surface area (Å²) >= 11 is 4.50. The number of amides is 1. The second-order valence-electron chi connectivity index (χ2n) is 6.12. The lowest BCUT2D eigenvalue weighted by Crippen LogP contribution is -2.16. The van der Waals surface area contributed by atoms with E-state index in [1.165, 1.54) is 17.8 Å². The lowest BCUT2D eigenvalue weighted by atomic mass is 10.3. The number of carbonyl (C=O) groups is 1. The summed E-state index contributed by atoms with van der Waals surface area (Å²) in [7, 11) is 0. The van der Waals surface area contributed by atoms with Crippen LogP contribution in [0.2, 0.25) is 0 Å². The molecule has 158 valence electrons. The number of hydrogen-bond donors (Lipinski definition) is 1. The first-order valence-electron chi connectivity index (χ1n) is 8.96. The number of nitrogens with one attached hydrogen (secondary N) is 1. The van der Waals surface area contributed by atoms with Crippen molar-refractivity contribution in [3.8, 4) is 5.75 Å². The van der Waals surface area contributed by atoms with Crippen molar-refractivity contribution in [3.05, 3.63) is 58.5 Å². The molecule has 0 aliphatic heterocycles. The first-order chi connectivity index (χ1) is 14.4. The molecule has 1 N–H and O–H groups in total. The number of benzene rings is 1. The number of halogens is 3. The zero-order valence-corrected chi connectivity index (χ0v) is 18.5. The molecule has 0 saturated heterocycles. The Morgan fingerprint density at radius 1 is 1.30 bits per heavy atom. The van der Waals surface area contributed by atoms with E-state index in [0.29, 0.717) is 23.3 Å². The Morgan fingerprint density at radius 2 is 2.10 bits per heavy atom. The van der Waals surface area contributed by atoms with Crippen LogP contribution < -0.4 is 10.1 Å². The van der Waals surface area contributed by atoms with E-state index < -0.39 is 17.7 Å². The van der Waals surface area contributed by atoms with E-state index in [1.807, 2.05) is 6.92 Å². The number of aromatic nitrogens is 4. The molecule has 0 spiro atoms. The fraction of sp³-hybridized carbons (Fsp3) is 0.263. The number of ether oxygens (including phenoxy) is 1. The number of anilines is 1. The van der Waals surface area contributed by atoms with Crippen LogP contribution in [0.4, 0.5) is 14.6 Å². The first kappa shape index (κ1) is 22.2. The smallest absolute Gasteiger partial charge is 0.236 e. The topological polar surface area (TPSA) is 81.9 Å². The lowest BCUT2D eigenvalue weighted by molar-refractivity contribution is -0.113. The van der Waals surface area contributed by atoms with Crippen molar-refractivity contribution in [2.75, 3.05) is 11.1 Å². The molecule has 1 amide bonds. The van der Waals surface area contributed by atoms with Gasteiger partial charge in [-0.3, -0.25) is 4.79 Å². The summed E-state index contributed by atoms with van der Waals surface area (Å²) in [5, 5.41) is 11.5. The monoisotopic (exact) mass is 497 g/mol. The summed E-state index contributed by atoms with van der Waals surface area (Å²) in [5.41, 5.74) is 0. The van der Waals surface area contributed by atoms with Crippen molar-refractivity contribution in [1.29, 1.82) is 0 Å². The third-order valence-corrected chi connectivity index (χ3v) is 5.39. The van der Waals surface area contributed by atoms with Crippen LogP contribution in [-0.4, -0.2) is 31.4 Å². The molecular weight excluding hydrogens is 480 g/mol. The number of hydrogen-bond acceptors (Lipinski definition) is 6. The van der Waals surface area contributed by atoms with E-state index in [-0.39, 0.29) is 17.4 Å². The van der Waals surface area contributed by atoms with E-state index in [4.69, 9.17) is 4.74 Å². The third-order valence-electron chi connectivity index (χ3n) is 3.95. The summed E-state index contributed by atoms with van der Waals surface area (Å²) in [6.07, 6.45) is 0.959. The lowest BCUT2D eigenvalue weighted by Gasteiger charge is -2.16. The number of rotatable bonds is 8. The van der Waals surface area contributed by atoms with Gasteiger partial charge in [0.1, 0.15) is 11.6 Å². The summed E-state index contributed by atoms with van der Waals surface area (Å²) < 4.78 is 35.1. The molecular formula is C19H18BrF2N5O2S. The van der Waals surface area contributed by atoms with E-state index in [2.05, 4.69) is 36.4 Å². The zero-order chi connectivity index (χ0) is 21.7. The average Bonchev–Trinajstić information content (AvgIpc) is 3.13. The molecule has 0 aliphatic rings. The standard InChI is InChI=1S/C19H18BrF2N5O2S/c1-3-27-18(11(2)29-15-6-5-13(21)8-14(15)22)25-26-19(27)30-10-17(28)24-16-7-4-12(20)9-23-16/h4-9,11H,3,10H2,1-2H3,(H,23,24,28). The number of pyridine rings is 1. The number of carbonyl (C=O) groups excluding carboxylic acids is 1. The Hall–Kier alpha value is -2.53. The Balaban J connectivity index is 1.64. The van der Waals surface area contributed by atoms with Gasteiger partial charge in [-0.15, -0.1) is 10.2 Å². The largest absolute Gasteiger partial charge is 0.480 e. The van der Waals surface area contributed by atoms with Gasteiger partial charge >= 0.3 is 0 Å². The average molecular weight is 498 g/mol. The molecule has 1 unspecified atom stereocenters. The maximum atomic E-state index is 13.9. The Labute approximate surface area is 184 Å². The van der Waals surface area contributed by atoms with Crippen LogP contribution in [0, 0.1) is 11.6 Å². The Morgan fingerprint density at radius 3 is 2.77 bits per heavy atom. The molecule has 3 aromatic rings. The van der Waals surface area contributed by atoms with E-state index >= 15 is 0 Å². The van der Waals surface area contributed by atoms with Crippen molar-refractivity contribution in [2.45, 2.75) is 31.7 Å². The van der Waals surface area contributed by atoms with Crippen LogP contribution in [0.5, 0.6) is 5.75 Å². The fourth-order valence-electron chi connectivity index (χ4n) is 2.58. The van der Waals surface area contributed by atoms with Crippen molar-refractivity contribution in [3.63, 3.8) is 0 Å². The molecule has 0 fully saturated rings. The Kier molecular flexibility index (Phi) is 7.38. The molecule has 1 atom stereocenters. The fourth-order valence-corrected chi connectivity index (χ4v) is 3.62. The molecule has 0 bridgehead atoms. The zero-order valence-electron chi connectivity index (χ0n) is 16.1. The van der Waals surface area contributed by atoms with E-state index in [0.717, 1.165) is 16.6 Å². The maximum absolute atomic E-state index is 13.9. The van der Waals surface area contributed by atoms with E-state index in [9.17, 15) is 13.6 Å². The van der Waals surface area contributed by atoms with Gasteiger partial charge in [-0.1, -0.05) is 11.8 Å². The molecule has 11 heteroatoms. The molecule has 1 aromatic carbocycles. The van der Waals surface area contributed by atoms with Gasteiger partial charge in [-0.05, 0) is 54.0 Å². The van der Waals surface area contributed by atoms with Crippen molar-refractivity contribution < 1.29 is 18.3 Å². The van der Waals surface area contributed by atoms with Crippen molar-refractivity contribution in [2.24, 2.45) is 0 Å². The molecule has 0 aliphatic carbocycles. The van der Waals surface area contributed by atoms with Gasteiger partial charge < -0.3 is 14.6 Å². The molecule has 0 saturated carbocycles. The maximum Gasteiger partial charge on any atom is 0.236 e. The molecule has 2 heterocycles. The summed E-state index contributed by atoms with van der Waals surface area (Å²) in [6.45, 7) is 4.12. The minimum atomic E-state index is -0.794. The summed E-state index contributed by atoms with van der Waals surface area (Å²) in [5.74, 6) is -0.761. The minimum Gasteiger partial charge on any atom is -0.480 e. The van der Waals surface area contributed by atoms with Crippen molar-refractivity contribution in [1.82, 2.24) is 19.7 Å². The highest BCUT2D eigenvalue weighted by molar-refractivity contribution is 9.10. The molecule has 7 nitrogen and oxygen atoms in total. The third kappa shape index (κ3) is 5.54. The normalized spacial score (nSPS) is 11.9. The van der Waals surface area contributed by atoms with Gasteiger partial charge in [-0.25, -0.2) is 13.8 Å². The summed E-state index contributed by atoms with van der Waals surface area (Å²) in [6, 6.07) is 6.57. The SMILES string of the molecule is CCn1c(SCC(=O)Nc2ccc(Br)cn2)nnc1C(C)Oc1ccc(F)cc1F. The van der Waals surface area contributed by atoms with Gasteiger partial charge in [-0.2, -0.15) is 0 Å².